The highest BCUT2D eigenvalue weighted by atomic mass is 16.5. The molecule has 0 aliphatic carbocycles. The van der Waals surface area contributed by atoms with Gasteiger partial charge in [-0.15, -0.1) is 0 Å². The summed E-state index contributed by atoms with van der Waals surface area (Å²) in [6.07, 6.45) is 1.37. The summed E-state index contributed by atoms with van der Waals surface area (Å²) in [6, 6.07) is 24.4. The lowest BCUT2D eigenvalue weighted by Gasteiger charge is -2.20. The van der Waals surface area contributed by atoms with Gasteiger partial charge in [0.2, 0.25) is 5.91 Å². The number of anilines is 2. The first-order valence-corrected chi connectivity index (χ1v) is 10.3. The average Bonchev–Trinajstić information content (AvgIpc) is 3.24. The summed E-state index contributed by atoms with van der Waals surface area (Å²) >= 11 is 0. The van der Waals surface area contributed by atoms with Gasteiger partial charge < -0.3 is 19.7 Å². The smallest absolute Gasteiger partial charge is 0.262 e. The fourth-order valence-electron chi connectivity index (χ4n) is 3.43. The molecule has 31 heavy (non-hydrogen) atoms. The Bertz CT molecular complexity index is 1030. The molecular weight excluding hydrogens is 392 g/mol. The van der Waals surface area contributed by atoms with Crippen molar-refractivity contribution >= 4 is 23.2 Å². The number of hydrogen-bond acceptors (Lipinski definition) is 4. The van der Waals surface area contributed by atoms with Crippen LogP contribution in [0.3, 0.4) is 0 Å². The van der Waals surface area contributed by atoms with E-state index in [-0.39, 0.29) is 18.4 Å². The zero-order chi connectivity index (χ0) is 21.5. The minimum absolute atomic E-state index is 0.0764. The van der Waals surface area contributed by atoms with Crippen LogP contribution < -0.4 is 19.7 Å². The highest BCUT2D eigenvalue weighted by Crippen LogP contribution is 2.29. The van der Waals surface area contributed by atoms with Gasteiger partial charge >= 0.3 is 0 Å². The van der Waals surface area contributed by atoms with Gasteiger partial charge in [-0.3, -0.25) is 9.59 Å². The van der Waals surface area contributed by atoms with E-state index in [4.69, 9.17) is 9.47 Å². The van der Waals surface area contributed by atoms with Crippen molar-refractivity contribution in [3.05, 3.63) is 84.4 Å². The topological polar surface area (TPSA) is 67.9 Å². The quantitative estimate of drug-likeness (QED) is 0.591. The number of amides is 2. The number of rotatable bonds is 8. The zero-order valence-electron chi connectivity index (χ0n) is 17.1. The lowest BCUT2D eigenvalue weighted by molar-refractivity contribution is -0.118. The maximum absolute atomic E-state index is 12.4. The second-order valence-corrected chi connectivity index (χ2v) is 7.25. The van der Waals surface area contributed by atoms with Crippen molar-refractivity contribution < 1.29 is 19.1 Å². The van der Waals surface area contributed by atoms with E-state index < -0.39 is 0 Å². The van der Waals surface area contributed by atoms with Crippen LogP contribution >= 0.6 is 0 Å². The van der Waals surface area contributed by atoms with Gasteiger partial charge in [0.25, 0.3) is 5.91 Å². The first-order chi connectivity index (χ1) is 15.2. The summed E-state index contributed by atoms with van der Waals surface area (Å²) < 4.78 is 11.4. The van der Waals surface area contributed by atoms with Crippen LogP contribution in [0.5, 0.6) is 11.5 Å². The van der Waals surface area contributed by atoms with Gasteiger partial charge in [0, 0.05) is 13.0 Å². The standard InChI is InChI=1S/C25H24N2O4/c28-24(26-22-9-4-5-10-23(22)27-16-6-11-25(27)29)18-31-21-14-12-20(13-15-21)30-17-19-7-2-1-3-8-19/h1-5,7-10,12-15H,6,11,16-18H2,(H,26,28). The number of hydrogen-bond donors (Lipinski definition) is 1. The Labute approximate surface area is 181 Å². The molecule has 0 bridgehead atoms. The highest BCUT2D eigenvalue weighted by Gasteiger charge is 2.24. The second kappa shape index (κ2) is 9.80. The molecule has 0 saturated carbocycles. The maximum Gasteiger partial charge on any atom is 0.262 e. The highest BCUT2D eigenvalue weighted by molar-refractivity contribution is 6.02. The number of ether oxygens (including phenoxy) is 2. The summed E-state index contributed by atoms with van der Waals surface area (Å²) in [4.78, 5) is 26.2. The Morgan fingerprint density at radius 3 is 2.26 bits per heavy atom. The Hall–Kier alpha value is -3.80. The van der Waals surface area contributed by atoms with Crippen molar-refractivity contribution in [3.8, 4) is 11.5 Å². The van der Waals surface area contributed by atoms with E-state index in [9.17, 15) is 9.59 Å². The van der Waals surface area contributed by atoms with Gasteiger partial charge in [0.1, 0.15) is 18.1 Å². The van der Waals surface area contributed by atoms with E-state index in [2.05, 4.69) is 5.32 Å². The van der Waals surface area contributed by atoms with Crippen LogP contribution in [-0.2, 0) is 16.2 Å². The monoisotopic (exact) mass is 416 g/mol. The van der Waals surface area contributed by atoms with Crippen LogP contribution in [0.4, 0.5) is 11.4 Å². The number of carbonyl (C=O) groups is 2. The maximum atomic E-state index is 12.4. The Morgan fingerprint density at radius 2 is 1.55 bits per heavy atom. The van der Waals surface area contributed by atoms with E-state index in [0.29, 0.717) is 31.0 Å². The molecule has 0 radical (unpaired) electrons. The van der Waals surface area contributed by atoms with Crippen LogP contribution in [0.15, 0.2) is 78.9 Å². The van der Waals surface area contributed by atoms with E-state index in [1.54, 1.807) is 23.1 Å². The molecule has 3 aromatic rings. The van der Waals surface area contributed by atoms with Gasteiger partial charge in [-0.05, 0) is 48.4 Å². The molecular formula is C25H24N2O4. The minimum atomic E-state index is -0.288. The molecule has 1 heterocycles. The van der Waals surface area contributed by atoms with E-state index in [1.165, 1.54) is 0 Å². The largest absolute Gasteiger partial charge is 0.489 e. The summed E-state index contributed by atoms with van der Waals surface area (Å²) in [5.74, 6) is 1.09. The van der Waals surface area contributed by atoms with Crippen LogP contribution in [0.1, 0.15) is 18.4 Å². The van der Waals surface area contributed by atoms with Gasteiger partial charge in [0.05, 0.1) is 11.4 Å². The van der Waals surface area contributed by atoms with Crippen LogP contribution in [0.25, 0.3) is 0 Å². The number of nitrogens with one attached hydrogen (secondary N) is 1. The molecule has 1 aliphatic heterocycles. The van der Waals surface area contributed by atoms with Crippen molar-refractivity contribution in [3.63, 3.8) is 0 Å². The fraction of sp³-hybridized carbons (Fsp3) is 0.200. The number of benzene rings is 3. The van der Waals surface area contributed by atoms with E-state index in [0.717, 1.165) is 23.4 Å². The molecule has 1 N–H and O–H groups in total. The second-order valence-electron chi connectivity index (χ2n) is 7.25. The summed E-state index contributed by atoms with van der Waals surface area (Å²) in [6.45, 7) is 1.02. The normalized spacial score (nSPS) is 13.2. The molecule has 0 atom stereocenters. The van der Waals surface area contributed by atoms with Gasteiger partial charge in [-0.25, -0.2) is 0 Å². The molecule has 1 fully saturated rings. The fourth-order valence-corrected chi connectivity index (χ4v) is 3.43. The Morgan fingerprint density at radius 1 is 0.871 bits per heavy atom. The molecule has 0 spiro atoms. The Balaban J connectivity index is 1.29. The number of para-hydroxylation sites is 2. The predicted molar refractivity (Wildman–Crippen MR) is 119 cm³/mol. The first-order valence-electron chi connectivity index (χ1n) is 10.3. The van der Waals surface area contributed by atoms with E-state index >= 15 is 0 Å². The van der Waals surface area contributed by atoms with Crippen molar-refractivity contribution in [2.45, 2.75) is 19.4 Å². The molecule has 6 nitrogen and oxygen atoms in total. The summed E-state index contributed by atoms with van der Waals surface area (Å²) in [7, 11) is 0. The minimum Gasteiger partial charge on any atom is -0.489 e. The molecule has 3 aromatic carbocycles. The molecule has 1 saturated heterocycles. The third-order valence-corrected chi connectivity index (χ3v) is 4.98. The van der Waals surface area contributed by atoms with Gasteiger partial charge in [-0.2, -0.15) is 0 Å². The SMILES string of the molecule is O=C(COc1ccc(OCc2ccccc2)cc1)Nc1ccccc1N1CCCC1=O. The lowest BCUT2D eigenvalue weighted by Crippen LogP contribution is -2.26. The third kappa shape index (κ3) is 5.42. The zero-order valence-corrected chi connectivity index (χ0v) is 17.1. The summed E-state index contributed by atoms with van der Waals surface area (Å²) in [5, 5.41) is 2.85. The average molecular weight is 416 g/mol. The molecule has 2 amide bonds. The molecule has 158 valence electrons. The van der Waals surface area contributed by atoms with Gasteiger partial charge in [-0.1, -0.05) is 42.5 Å². The molecule has 0 unspecified atom stereocenters. The third-order valence-electron chi connectivity index (χ3n) is 4.98. The van der Waals surface area contributed by atoms with Crippen LogP contribution in [-0.4, -0.2) is 25.0 Å². The first kappa shape index (κ1) is 20.5. The van der Waals surface area contributed by atoms with Crippen molar-refractivity contribution in [1.82, 2.24) is 0 Å². The Kier molecular flexibility index (Phi) is 6.47. The van der Waals surface area contributed by atoms with Crippen LogP contribution in [0, 0.1) is 0 Å². The molecule has 4 rings (SSSR count). The van der Waals surface area contributed by atoms with Crippen molar-refractivity contribution in [2.75, 3.05) is 23.4 Å². The number of nitrogens with zero attached hydrogens (tertiary/aromatic N) is 1. The predicted octanol–water partition coefficient (Wildman–Crippen LogP) is 4.41. The molecule has 0 aromatic heterocycles. The van der Waals surface area contributed by atoms with Crippen molar-refractivity contribution in [1.29, 1.82) is 0 Å². The van der Waals surface area contributed by atoms with Crippen LogP contribution in [0.2, 0.25) is 0 Å². The molecule has 1 aliphatic rings. The van der Waals surface area contributed by atoms with Gasteiger partial charge in [0.15, 0.2) is 6.61 Å². The summed E-state index contributed by atoms with van der Waals surface area (Å²) in [5.41, 5.74) is 2.42. The van der Waals surface area contributed by atoms with Crippen molar-refractivity contribution in [2.24, 2.45) is 0 Å². The molecule has 6 heteroatoms. The van der Waals surface area contributed by atoms with E-state index in [1.807, 2.05) is 60.7 Å². The lowest BCUT2D eigenvalue weighted by atomic mass is 10.2. The number of carbonyl (C=O) groups excluding carboxylic acids is 2.